The van der Waals surface area contributed by atoms with E-state index in [1.165, 1.54) is 5.56 Å². The van der Waals surface area contributed by atoms with Crippen LogP contribution in [0.25, 0.3) is 0 Å². The molecule has 2 unspecified atom stereocenters. The SMILES string of the molecule is Cc1ccccc1CC(CC1CCCCO1)C(=O)O. The average Bonchev–Trinajstić information content (AvgIpc) is 2.41. The summed E-state index contributed by atoms with van der Waals surface area (Å²) in [4.78, 5) is 11.4. The van der Waals surface area contributed by atoms with Crippen LogP contribution >= 0.6 is 0 Å². The third-order valence-corrected chi connectivity index (χ3v) is 3.90. The summed E-state index contributed by atoms with van der Waals surface area (Å²) in [6.07, 6.45) is 4.61. The number of benzene rings is 1. The summed E-state index contributed by atoms with van der Waals surface area (Å²) >= 11 is 0. The number of ether oxygens (including phenoxy) is 1. The molecule has 0 bridgehead atoms. The summed E-state index contributed by atoms with van der Waals surface area (Å²) in [5.74, 6) is -1.05. The minimum Gasteiger partial charge on any atom is -0.481 e. The van der Waals surface area contributed by atoms with E-state index in [4.69, 9.17) is 4.74 Å². The number of carboxylic acid groups (broad SMARTS) is 1. The molecule has 1 heterocycles. The van der Waals surface area contributed by atoms with E-state index in [9.17, 15) is 9.90 Å². The van der Waals surface area contributed by atoms with E-state index in [0.29, 0.717) is 12.8 Å². The van der Waals surface area contributed by atoms with Crippen molar-refractivity contribution in [3.63, 3.8) is 0 Å². The molecule has 0 saturated carbocycles. The summed E-state index contributed by atoms with van der Waals surface area (Å²) in [5, 5.41) is 9.40. The van der Waals surface area contributed by atoms with E-state index in [2.05, 4.69) is 0 Å². The molecule has 1 aromatic rings. The molecule has 2 rings (SSSR count). The van der Waals surface area contributed by atoms with Crippen LogP contribution in [0.1, 0.15) is 36.8 Å². The Hall–Kier alpha value is -1.35. The first-order valence-electron chi connectivity index (χ1n) is 7.05. The summed E-state index contributed by atoms with van der Waals surface area (Å²) in [6.45, 7) is 2.81. The minimum absolute atomic E-state index is 0.124. The van der Waals surface area contributed by atoms with Gasteiger partial charge in [-0.05, 0) is 50.2 Å². The van der Waals surface area contributed by atoms with Gasteiger partial charge in [0, 0.05) is 6.61 Å². The second kappa shape index (κ2) is 6.71. The number of hydrogen-bond acceptors (Lipinski definition) is 2. The molecule has 0 radical (unpaired) electrons. The van der Waals surface area contributed by atoms with Crippen LogP contribution in [0.3, 0.4) is 0 Å². The van der Waals surface area contributed by atoms with E-state index in [1.807, 2.05) is 31.2 Å². The Morgan fingerprint density at radius 1 is 1.42 bits per heavy atom. The molecular formula is C16H22O3. The fraction of sp³-hybridized carbons (Fsp3) is 0.562. The first-order chi connectivity index (χ1) is 9.16. The standard InChI is InChI=1S/C16H22O3/c1-12-6-2-3-7-13(12)10-14(16(17)18)11-15-8-4-5-9-19-15/h2-3,6-7,14-15H,4-5,8-11H2,1H3,(H,17,18). The first kappa shape index (κ1) is 14.1. The third-order valence-electron chi connectivity index (χ3n) is 3.90. The lowest BCUT2D eigenvalue weighted by Gasteiger charge is -2.25. The molecule has 3 heteroatoms. The lowest BCUT2D eigenvalue weighted by Crippen LogP contribution is -2.27. The van der Waals surface area contributed by atoms with Crippen LogP contribution in [0, 0.1) is 12.8 Å². The van der Waals surface area contributed by atoms with Gasteiger partial charge in [-0.2, -0.15) is 0 Å². The van der Waals surface area contributed by atoms with Crippen molar-refractivity contribution in [2.24, 2.45) is 5.92 Å². The quantitative estimate of drug-likeness (QED) is 0.886. The highest BCUT2D eigenvalue weighted by atomic mass is 16.5. The molecule has 1 fully saturated rings. The van der Waals surface area contributed by atoms with Gasteiger partial charge in [-0.3, -0.25) is 4.79 Å². The Balaban J connectivity index is 2.00. The zero-order valence-corrected chi connectivity index (χ0v) is 11.5. The van der Waals surface area contributed by atoms with Crippen molar-refractivity contribution in [2.75, 3.05) is 6.61 Å². The molecule has 1 saturated heterocycles. The maximum Gasteiger partial charge on any atom is 0.306 e. The smallest absolute Gasteiger partial charge is 0.306 e. The number of rotatable bonds is 5. The van der Waals surface area contributed by atoms with Crippen LogP contribution in [0.15, 0.2) is 24.3 Å². The normalized spacial score (nSPS) is 21.0. The molecule has 1 aliphatic rings. The topological polar surface area (TPSA) is 46.5 Å². The Bertz CT molecular complexity index is 422. The molecule has 0 amide bonds. The van der Waals surface area contributed by atoms with Gasteiger partial charge in [0.05, 0.1) is 12.0 Å². The maximum absolute atomic E-state index is 11.4. The first-order valence-corrected chi connectivity index (χ1v) is 7.05. The zero-order chi connectivity index (χ0) is 13.7. The van der Waals surface area contributed by atoms with Crippen LogP contribution in [0.5, 0.6) is 0 Å². The summed E-state index contributed by atoms with van der Waals surface area (Å²) < 4.78 is 5.66. The van der Waals surface area contributed by atoms with Crippen LogP contribution in [-0.2, 0) is 16.0 Å². The van der Waals surface area contributed by atoms with Gasteiger partial charge in [-0.25, -0.2) is 0 Å². The molecular weight excluding hydrogens is 240 g/mol. The van der Waals surface area contributed by atoms with Crippen molar-refractivity contribution in [3.05, 3.63) is 35.4 Å². The van der Waals surface area contributed by atoms with E-state index in [-0.39, 0.29) is 12.0 Å². The van der Waals surface area contributed by atoms with Crippen molar-refractivity contribution in [1.29, 1.82) is 0 Å². The lowest BCUT2D eigenvalue weighted by molar-refractivity contribution is -0.143. The molecule has 0 aliphatic carbocycles. The van der Waals surface area contributed by atoms with Gasteiger partial charge in [-0.1, -0.05) is 24.3 Å². The molecule has 3 nitrogen and oxygen atoms in total. The average molecular weight is 262 g/mol. The second-order valence-electron chi connectivity index (χ2n) is 5.39. The van der Waals surface area contributed by atoms with E-state index in [1.54, 1.807) is 0 Å². The Morgan fingerprint density at radius 3 is 2.84 bits per heavy atom. The van der Waals surface area contributed by atoms with E-state index in [0.717, 1.165) is 31.4 Å². The molecule has 0 aromatic heterocycles. The van der Waals surface area contributed by atoms with Gasteiger partial charge in [-0.15, -0.1) is 0 Å². The highest BCUT2D eigenvalue weighted by Crippen LogP contribution is 2.23. The lowest BCUT2D eigenvalue weighted by atomic mass is 9.90. The van der Waals surface area contributed by atoms with Crippen LogP contribution in [0.4, 0.5) is 0 Å². The fourth-order valence-electron chi connectivity index (χ4n) is 2.69. The molecule has 1 N–H and O–H groups in total. The Labute approximate surface area is 114 Å². The van der Waals surface area contributed by atoms with Gasteiger partial charge < -0.3 is 9.84 Å². The largest absolute Gasteiger partial charge is 0.481 e. The van der Waals surface area contributed by atoms with E-state index < -0.39 is 5.97 Å². The van der Waals surface area contributed by atoms with Crippen molar-refractivity contribution < 1.29 is 14.6 Å². The zero-order valence-electron chi connectivity index (χ0n) is 11.5. The minimum atomic E-state index is -0.711. The summed E-state index contributed by atoms with van der Waals surface area (Å²) in [6, 6.07) is 8.01. The number of aliphatic carboxylic acids is 1. The van der Waals surface area contributed by atoms with Gasteiger partial charge in [0.1, 0.15) is 0 Å². The summed E-state index contributed by atoms with van der Waals surface area (Å²) in [7, 11) is 0. The number of hydrogen-bond donors (Lipinski definition) is 1. The highest BCUT2D eigenvalue weighted by Gasteiger charge is 2.25. The molecule has 1 aromatic carbocycles. The van der Waals surface area contributed by atoms with Crippen LogP contribution < -0.4 is 0 Å². The maximum atomic E-state index is 11.4. The fourth-order valence-corrected chi connectivity index (χ4v) is 2.69. The van der Waals surface area contributed by atoms with Crippen molar-refractivity contribution >= 4 is 5.97 Å². The summed E-state index contributed by atoms with van der Waals surface area (Å²) in [5.41, 5.74) is 2.30. The van der Waals surface area contributed by atoms with Crippen molar-refractivity contribution in [3.8, 4) is 0 Å². The molecule has 1 aliphatic heterocycles. The molecule has 19 heavy (non-hydrogen) atoms. The third kappa shape index (κ3) is 4.06. The van der Waals surface area contributed by atoms with Crippen LogP contribution in [-0.4, -0.2) is 23.8 Å². The van der Waals surface area contributed by atoms with Crippen molar-refractivity contribution in [2.45, 2.75) is 45.1 Å². The Morgan fingerprint density at radius 2 is 2.21 bits per heavy atom. The van der Waals surface area contributed by atoms with E-state index >= 15 is 0 Å². The molecule has 2 atom stereocenters. The predicted molar refractivity (Wildman–Crippen MR) is 74.2 cm³/mol. The van der Waals surface area contributed by atoms with Crippen LogP contribution in [0.2, 0.25) is 0 Å². The van der Waals surface area contributed by atoms with Gasteiger partial charge in [0.25, 0.3) is 0 Å². The number of carbonyl (C=O) groups is 1. The highest BCUT2D eigenvalue weighted by molar-refractivity contribution is 5.70. The Kier molecular flexibility index (Phi) is 4.97. The van der Waals surface area contributed by atoms with Crippen molar-refractivity contribution in [1.82, 2.24) is 0 Å². The monoisotopic (exact) mass is 262 g/mol. The van der Waals surface area contributed by atoms with Gasteiger partial charge in [0.2, 0.25) is 0 Å². The predicted octanol–water partition coefficient (Wildman–Crippen LogP) is 3.20. The van der Waals surface area contributed by atoms with Gasteiger partial charge in [0.15, 0.2) is 0 Å². The second-order valence-corrected chi connectivity index (χ2v) is 5.39. The molecule has 0 spiro atoms. The number of carboxylic acids is 1. The molecule has 104 valence electrons. The number of aryl methyl sites for hydroxylation is 1. The van der Waals surface area contributed by atoms with Gasteiger partial charge >= 0.3 is 5.97 Å².